The summed E-state index contributed by atoms with van der Waals surface area (Å²) in [7, 11) is 3.12. The maximum Gasteiger partial charge on any atom is 0.220 e. The van der Waals surface area contributed by atoms with Crippen molar-refractivity contribution in [2.45, 2.75) is 6.61 Å². The van der Waals surface area contributed by atoms with Crippen molar-refractivity contribution in [1.29, 1.82) is 0 Å². The van der Waals surface area contributed by atoms with Crippen LogP contribution in [0, 0.1) is 0 Å². The molecule has 0 aliphatic carbocycles. The summed E-state index contributed by atoms with van der Waals surface area (Å²) >= 11 is 0. The van der Waals surface area contributed by atoms with E-state index in [2.05, 4.69) is 4.98 Å². The predicted octanol–water partition coefficient (Wildman–Crippen LogP) is 2.68. The van der Waals surface area contributed by atoms with Gasteiger partial charge in [-0.25, -0.2) is 0 Å². The number of methoxy groups -OCH3 is 2. The molecule has 4 nitrogen and oxygen atoms in total. The van der Waals surface area contributed by atoms with E-state index in [1.165, 1.54) is 0 Å². The molecule has 0 saturated heterocycles. The topological polar surface area (TPSA) is 40.6 Å². The Morgan fingerprint density at radius 3 is 2.11 bits per heavy atom. The van der Waals surface area contributed by atoms with E-state index < -0.39 is 0 Å². The summed E-state index contributed by atoms with van der Waals surface area (Å²) in [5.74, 6) is 1.61. The number of aromatic nitrogens is 1. The molecular formula is C14H15NO3. The standard InChI is InChI=1S/C14H15NO3/c1-16-13-8-12(9-14(15-13)17-2)18-10-11-6-4-3-5-7-11/h3-9H,10H2,1-2H3. The number of ether oxygens (including phenoxy) is 3. The SMILES string of the molecule is COc1cc(OCc2ccccc2)cc(OC)n1. The zero-order valence-corrected chi connectivity index (χ0v) is 10.4. The van der Waals surface area contributed by atoms with Crippen LogP contribution >= 0.6 is 0 Å². The van der Waals surface area contributed by atoms with Crippen molar-refractivity contribution in [1.82, 2.24) is 4.98 Å². The zero-order valence-electron chi connectivity index (χ0n) is 10.4. The molecule has 0 spiro atoms. The Bertz CT molecular complexity index is 477. The highest BCUT2D eigenvalue weighted by Gasteiger charge is 2.04. The molecule has 4 heteroatoms. The first-order valence-electron chi connectivity index (χ1n) is 5.58. The fourth-order valence-corrected chi connectivity index (χ4v) is 1.49. The molecule has 0 aliphatic heterocycles. The molecule has 94 valence electrons. The van der Waals surface area contributed by atoms with Gasteiger partial charge in [0.05, 0.1) is 14.2 Å². The summed E-state index contributed by atoms with van der Waals surface area (Å²) in [5.41, 5.74) is 1.10. The Hall–Kier alpha value is -2.23. The number of nitrogens with zero attached hydrogens (tertiary/aromatic N) is 1. The molecule has 0 unspecified atom stereocenters. The monoisotopic (exact) mass is 245 g/mol. The third kappa shape index (κ3) is 3.13. The average molecular weight is 245 g/mol. The van der Waals surface area contributed by atoms with Crippen molar-refractivity contribution in [3.63, 3.8) is 0 Å². The fraction of sp³-hybridized carbons (Fsp3) is 0.214. The molecule has 0 fully saturated rings. The van der Waals surface area contributed by atoms with E-state index in [-0.39, 0.29) is 0 Å². The second-order valence-electron chi connectivity index (χ2n) is 3.66. The Morgan fingerprint density at radius 1 is 0.944 bits per heavy atom. The summed E-state index contributed by atoms with van der Waals surface area (Å²) in [6.07, 6.45) is 0. The van der Waals surface area contributed by atoms with Crippen LogP contribution in [0.15, 0.2) is 42.5 Å². The number of rotatable bonds is 5. The first kappa shape index (κ1) is 12.2. The minimum atomic E-state index is 0.470. The maximum absolute atomic E-state index is 5.68. The summed E-state index contributed by atoms with van der Waals surface area (Å²) < 4.78 is 15.8. The molecule has 0 aliphatic rings. The quantitative estimate of drug-likeness (QED) is 0.812. The van der Waals surface area contributed by atoms with Gasteiger partial charge >= 0.3 is 0 Å². The summed E-state index contributed by atoms with van der Waals surface area (Å²) in [4.78, 5) is 4.10. The van der Waals surface area contributed by atoms with Crippen LogP contribution in [0.2, 0.25) is 0 Å². The van der Waals surface area contributed by atoms with Gasteiger partial charge in [0.15, 0.2) is 0 Å². The van der Waals surface area contributed by atoms with E-state index in [1.807, 2.05) is 30.3 Å². The molecule has 0 amide bonds. The predicted molar refractivity (Wildman–Crippen MR) is 68.1 cm³/mol. The number of hydrogen-bond donors (Lipinski definition) is 0. The average Bonchev–Trinajstić information content (AvgIpc) is 2.45. The van der Waals surface area contributed by atoms with Crippen molar-refractivity contribution in [3.05, 3.63) is 48.0 Å². The van der Waals surface area contributed by atoms with Gasteiger partial charge in [-0.15, -0.1) is 0 Å². The molecule has 1 aromatic carbocycles. The van der Waals surface area contributed by atoms with Gasteiger partial charge in [0, 0.05) is 12.1 Å². The molecule has 2 aromatic rings. The van der Waals surface area contributed by atoms with Crippen LogP contribution in [0.4, 0.5) is 0 Å². The molecule has 0 bridgehead atoms. The van der Waals surface area contributed by atoms with E-state index in [9.17, 15) is 0 Å². The fourth-order valence-electron chi connectivity index (χ4n) is 1.49. The molecule has 0 atom stereocenters. The zero-order chi connectivity index (χ0) is 12.8. The van der Waals surface area contributed by atoms with E-state index in [0.717, 1.165) is 5.56 Å². The lowest BCUT2D eigenvalue weighted by atomic mass is 10.2. The normalized spacial score (nSPS) is 9.89. The van der Waals surface area contributed by atoms with Crippen molar-refractivity contribution in [3.8, 4) is 17.5 Å². The smallest absolute Gasteiger partial charge is 0.220 e. The third-order valence-electron chi connectivity index (χ3n) is 2.42. The van der Waals surface area contributed by atoms with E-state index in [0.29, 0.717) is 24.1 Å². The highest BCUT2D eigenvalue weighted by Crippen LogP contribution is 2.24. The van der Waals surface area contributed by atoms with Crippen LogP contribution in [-0.2, 0) is 6.61 Å². The van der Waals surface area contributed by atoms with Crippen molar-refractivity contribution >= 4 is 0 Å². The van der Waals surface area contributed by atoms with Gasteiger partial charge in [-0.2, -0.15) is 4.98 Å². The van der Waals surface area contributed by atoms with E-state index in [1.54, 1.807) is 26.4 Å². The lowest BCUT2D eigenvalue weighted by molar-refractivity contribution is 0.296. The second kappa shape index (κ2) is 5.91. The maximum atomic E-state index is 5.68. The molecule has 2 rings (SSSR count). The van der Waals surface area contributed by atoms with Gasteiger partial charge < -0.3 is 14.2 Å². The molecule has 0 radical (unpaired) electrons. The van der Waals surface area contributed by atoms with Crippen LogP contribution < -0.4 is 14.2 Å². The molecular weight excluding hydrogens is 230 g/mol. The third-order valence-corrected chi connectivity index (χ3v) is 2.42. The van der Waals surface area contributed by atoms with Gasteiger partial charge in [0.1, 0.15) is 12.4 Å². The number of pyridine rings is 1. The van der Waals surface area contributed by atoms with Gasteiger partial charge in [0.25, 0.3) is 0 Å². The Morgan fingerprint density at radius 2 is 1.56 bits per heavy atom. The highest BCUT2D eigenvalue weighted by molar-refractivity contribution is 5.33. The van der Waals surface area contributed by atoms with E-state index >= 15 is 0 Å². The molecule has 1 heterocycles. The Labute approximate surface area is 106 Å². The number of benzene rings is 1. The van der Waals surface area contributed by atoms with Gasteiger partial charge in [-0.05, 0) is 5.56 Å². The van der Waals surface area contributed by atoms with Gasteiger partial charge in [-0.1, -0.05) is 30.3 Å². The summed E-state index contributed by atoms with van der Waals surface area (Å²) in [5, 5.41) is 0. The first-order valence-corrected chi connectivity index (χ1v) is 5.58. The molecule has 1 aromatic heterocycles. The van der Waals surface area contributed by atoms with Crippen molar-refractivity contribution in [2.75, 3.05) is 14.2 Å². The Kier molecular flexibility index (Phi) is 4.02. The van der Waals surface area contributed by atoms with Gasteiger partial charge in [0.2, 0.25) is 11.8 Å². The first-order chi connectivity index (χ1) is 8.81. The molecule has 18 heavy (non-hydrogen) atoms. The minimum absolute atomic E-state index is 0.470. The van der Waals surface area contributed by atoms with E-state index in [4.69, 9.17) is 14.2 Å². The lowest BCUT2D eigenvalue weighted by Crippen LogP contribution is -1.98. The largest absolute Gasteiger partial charge is 0.489 e. The highest BCUT2D eigenvalue weighted by atomic mass is 16.5. The minimum Gasteiger partial charge on any atom is -0.489 e. The van der Waals surface area contributed by atoms with Crippen LogP contribution in [0.5, 0.6) is 17.5 Å². The lowest BCUT2D eigenvalue weighted by Gasteiger charge is -2.09. The number of hydrogen-bond acceptors (Lipinski definition) is 4. The Balaban J connectivity index is 2.09. The van der Waals surface area contributed by atoms with Crippen LogP contribution in [0.25, 0.3) is 0 Å². The van der Waals surface area contributed by atoms with Crippen LogP contribution in [-0.4, -0.2) is 19.2 Å². The van der Waals surface area contributed by atoms with Crippen molar-refractivity contribution < 1.29 is 14.2 Å². The summed E-state index contributed by atoms with van der Waals surface area (Å²) in [6.45, 7) is 0.497. The van der Waals surface area contributed by atoms with Crippen LogP contribution in [0.1, 0.15) is 5.56 Å². The molecule has 0 saturated carbocycles. The van der Waals surface area contributed by atoms with Crippen LogP contribution in [0.3, 0.4) is 0 Å². The summed E-state index contributed by atoms with van der Waals surface area (Å²) in [6, 6.07) is 13.4. The molecule has 0 N–H and O–H groups in total. The van der Waals surface area contributed by atoms with Crippen molar-refractivity contribution in [2.24, 2.45) is 0 Å². The van der Waals surface area contributed by atoms with Gasteiger partial charge in [-0.3, -0.25) is 0 Å². The second-order valence-corrected chi connectivity index (χ2v) is 3.66.